The fourth-order valence-electron chi connectivity index (χ4n) is 1.83. The number of carbonyl (C=O) groups is 1. The first-order valence-electron chi connectivity index (χ1n) is 6.38. The standard InChI is InChI=1S/C15H16ClNO3/c16-12-4-1-3-11(9-12)6-7-15(19)17-10-13(18)14-5-2-8-20-14/h1-5,8-9,13,18H,6-7,10H2,(H,17,19). The monoisotopic (exact) mass is 293 g/mol. The molecule has 1 aromatic heterocycles. The molecule has 2 N–H and O–H groups in total. The van der Waals surface area contributed by atoms with Gasteiger partial charge in [-0.15, -0.1) is 0 Å². The molecule has 0 aliphatic heterocycles. The average molecular weight is 294 g/mol. The van der Waals surface area contributed by atoms with Crippen LogP contribution in [-0.4, -0.2) is 17.6 Å². The number of aryl methyl sites for hydroxylation is 1. The summed E-state index contributed by atoms with van der Waals surface area (Å²) in [7, 11) is 0. The van der Waals surface area contributed by atoms with Crippen LogP contribution in [0.25, 0.3) is 0 Å². The van der Waals surface area contributed by atoms with Gasteiger partial charge in [0.15, 0.2) is 0 Å². The molecule has 5 heteroatoms. The molecular weight excluding hydrogens is 278 g/mol. The SMILES string of the molecule is O=C(CCc1cccc(Cl)c1)NCC(O)c1ccco1. The van der Waals surface area contributed by atoms with Crippen molar-refractivity contribution >= 4 is 17.5 Å². The number of rotatable bonds is 6. The fourth-order valence-corrected chi connectivity index (χ4v) is 2.04. The zero-order chi connectivity index (χ0) is 14.4. The maximum absolute atomic E-state index is 11.7. The lowest BCUT2D eigenvalue weighted by Crippen LogP contribution is -2.28. The van der Waals surface area contributed by atoms with Crippen molar-refractivity contribution in [3.63, 3.8) is 0 Å². The molecular formula is C15H16ClNO3. The van der Waals surface area contributed by atoms with Gasteiger partial charge in [0, 0.05) is 11.4 Å². The van der Waals surface area contributed by atoms with Gasteiger partial charge in [-0.1, -0.05) is 23.7 Å². The molecule has 1 amide bonds. The Morgan fingerprint density at radius 1 is 1.35 bits per heavy atom. The highest BCUT2D eigenvalue weighted by molar-refractivity contribution is 6.30. The predicted octanol–water partition coefficient (Wildman–Crippen LogP) is 2.72. The number of nitrogens with one attached hydrogen (secondary N) is 1. The van der Waals surface area contributed by atoms with E-state index < -0.39 is 6.10 Å². The number of aliphatic hydroxyl groups is 1. The van der Waals surface area contributed by atoms with Gasteiger partial charge in [0.2, 0.25) is 5.91 Å². The van der Waals surface area contributed by atoms with E-state index in [0.717, 1.165) is 5.56 Å². The van der Waals surface area contributed by atoms with E-state index in [1.54, 1.807) is 18.2 Å². The van der Waals surface area contributed by atoms with Crippen LogP contribution in [0.2, 0.25) is 5.02 Å². The zero-order valence-corrected chi connectivity index (χ0v) is 11.6. The predicted molar refractivity (Wildman–Crippen MR) is 76.5 cm³/mol. The number of benzene rings is 1. The van der Waals surface area contributed by atoms with Crippen molar-refractivity contribution in [1.29, 1.82) is 0 Å². The molecule has 0 spiro atoms. The molecule has 0 bridgehead atoms. The minimum absolute atomic E-state index is 0.115. The van der Waals surface area contributed by atoms with Gasteiger partial charge in [-0.05, 0) is 36.2 Å². The van der Waals surface area contributed by atoms with E-state index >= 15 is 0 Å². The lowest BCUT2D eigenvalue weighted by atomic mass is 10.1. The van der Waals surface area contributed by atoms with Gasteiger partial charge < -0.3 is 14.8 Å². The van der Waals surface area contributed by atoms with Gasteiger partial charge in [0.05, 0.1) is 12.8 Å². The molecule has 0 saturated carbocycles. The van der Waals surface area contributed by atoms with Crippen LogP contribution in [0.15, 0.2) is 47.1 Å². The molecule has 4 nitrogen and oxygen atoms in total. The van der Waals surface area contributed by atoms with Crippen molar-refractivity contribution < 1.29 is 14.3 Å². The third-order valence-electron chi connectivity index (χ3n) is 2.89. The van der Waals surface area contributed by atoms with Crippen molar-refractivity contribution in [2.45, 2.75) is 18.9 Å². The lowest BCUT2D eigenvalue weighted by Gasteiger charge is -2.09. The van der Waals surface area contributed by atoms with Crippen molar-refractivity contribution in [1.82, 2.24) is 5.32 Å². The van der Waals surface area contributed by atoms with Gasteiger partial charge >= 0.3 is 0 Å². The van der Waals surface area contributed by atoms with Crippen LogP contribution in [0.4, 0.5) is 0 Å². The summed E-state index contributed by atoms with van der Waals surface area (Å²) in [6.45, 7) is 0.141. The van der Waals surface area contributed by atoms with Crippen LogP contribution in [0, 0.1) is 0 Å². The lowest BCUT2D eigenvalue weighted by molar-refractivity contribution is -0.121. The van der Waals surface area contributed by atoms with Gasteiger partial charge in [0.1, 0.15) is 11.9 Å². The molecule has 1 heterocycles. The van der Waals surface area contributed by atoms with Crippen LogP contribution < -0.4 is 5.32 Å². The van der Waals surface area contributed by atoms with Crippen LogP contribution >= 0.6 is 11.6 Å². The quantitative estimate of drug-likeness (QED) is 0.861. The second-order valence-electron chi connectivity index (χ2n) is 4.47. The van der Waals surface area contributed by atoms with Gasteiger partial charge in [0.25, 0.3) is 0 Å². The van der Waals surface area contributed by atoms with E-state index in [4.69, 9.17) is 16.0 Å². The van der Waals surface area contributed by atoms with Gasteiger partial charge in [-0.2, -0.15) is 0 Å². The van der Waals surface area contributed by atoms with Crippen molar-refractivity contribution in [2.75, 3.05) is 6.54 Å². The number of halogens is 1. The van der Waals surface area contributed by atoms with Gasteiger partial charge in [-0.25, -0.2) is 0 Å². The Labute approximate surface area is 122 Å². The van der Waals surface area contributed by atoms with E-state index in [1.807, 2.05) is 18.2 Å². The summed E-state index contributed by atoms with van der Waals surface area (Å²) in [6, 6.07) is 10.8. The maximum atomic E-state index is 11.7. The first-order valence-corrected chi connectivity index (χ1v) is 6.75. The summed E-state index contributed by atoms with van der Waals surface area (Å²) >= 11 is 5.88. The number of furan rings is 1. The van der Waals surface area contributed by atoms with Crippen molar-refractivity contribution in [2.24, 2.45) is 0 Å². The summed E-state index contributed by atoms with van der Waals surface area (Å²) in [6.07, 6.45) is 1.63. The molecule has 0 saturated heterocycles. The normalized spacial score (nSPS) is 12.1. The molecule has 2 rings (SSSR count). The number of hydrogen-bond donors (Lipinski definition) is 2. The summed E-state index contributed by atoms with van der Waals surface area (Å²) in [5, 5.41) is 13.1. The van der Waals surface area contributed by atoms with E-state index in [2.05, 4.69) is 5.32 Å². The highest BCUT2D eigenvalue weighted by Gasteiger charge is 2.11. The Morgan fingerprint density at radius 3 is 2.90 bits per heavy atom. The third-order valence-corrected chi connectivity index (χ3v) is 3.13. The summed E-state index contributed by atoms with van der Waals surface area (Å²) in [4.78, 5) is 11.7. The van der Waals surface area contributed by atoms with E-state index in [9.17, 15) is 9.90 Å². The summed E-state index contributed by atoms with van der Waals surface area (Å²) in [5.74, 6) is 0.329. The topological polar surface area (TPSA) is 62.5 Å². The Hall–Kier alpha value is -1.78. The Kier molecular flexibility index (Phi) is 5.21. The molecule has 106 valence electrons. The number of hydrogen-bond acceptors (Lipinski definition) is 3. The fraction of sp³-hybridized carbons (Fsp3) is 0.267. The van der Waals surface area contributed by atoms with Crippen LogP contribution in [-0.2, 0) is 11.2 Å². The molecule has 1 atom stereocenters. The van der Waals surface area contributed by atoms with Crippen molar-refractivity contribution in [3.05, 3.63) is 59.0 Å². The Balaban J connectivity index is 1.73. The Morgan fingerprint density at radius 2 is 2.20 bits per heavy atom. The molecule has 0 aliphatic rings. The minimum Gasteiger partial charge on any atom is -0.467 e. The molecule has 1 unspecified atom stereocenters. The second-order valence-corrected chi connectivity index (χ2v) is 4.90. The number of carbonyl (C=O) groups excluding carboxylic acids is 1. The molecule has 0 fully saturated rings. The smallest absolute Gasteiger partial charge is 0.220 e. The van der Waals surface area contributed by atoms with E-state index in [1.165, 1.54) is 6.26 Å². The minimum atomic E-state index is -0.819. The van der Waals surface area contributed by atoms with Crippen LogP contribution in [0.1, 0.15) is 23.8 Å². The number of aliphatic hydroxyl groups excluding tert-OH is 1. The highest BCUT2D eigenvalue weighted by Crippen LogP contribution is 2.13. The van der Waals surface area contributed by atoms with Crippen LogP contribution in [0.5, 0.6) is 0 Å². The summed E-state index contributed by atoms with van der Waals surface area (Å²) in [5.41, 5.74) is 1.01. The summed E-state index contributed by atoms with van der Waals surface area (Å²) < 4.78 is 5.05. The van der Waals surface area contributed by atoms with Crippen LogP contribution in [0.3, 0.4) is 0 Å². The molecule has 0 radical (unpaired) electrons. The first kappa shape index (κ1) is 14.6. The molecule has 1 aromatic carbocycles. The molecule has 0 aliphatic carbocycles. The average Bonchev–Trinajstić information content (AvgIpc) is 2.97. The van der Waals surface area contributed by atoms with E-state index in [-0.39, 0.29) is 12.5 Å². The first-order chi connectivity index (χ1) is 9.65. The molecule has 20 heavy (non-hydrogen) atoms. The van der Waals surface area contributed by atoms with E-state index in [0.29, 0.717) is 23.6 Å². The van der Waals surface area contributed by atoms with Crippen molar-refractivity contribution in [3.8, 4) is 0 Å². The number of amides is 1. The zero-order valence-electron chi connectivity index (χ0n) is 10.9. The second kappa shape index (κ2) is 7.12. The van der Waals surface area contributed by atoms with Gasteiger partial charge in [-0.3, -0.25) is 4.79 Å². The largest absolute Gasteiger partial charge is 0.467 e. The maximum Gasteiger partial charge on any atom is 0.220 e. The Bertz CT molecular complexity index is 554. The molecule has 2 aromatic rings. The highest BCUT2D eigenvalue weighted by atomic mass is 35.5. The third kappa shape index (κ3) is 4.40.